The predicted octanol–water partition coefficient (Wildman–Crippen LogP) is 3.21. The minimum atomic E-state index is 0. The lowest BCUT2D eigenvalue weighted by molar-refractivity contribution is 0.0797. The second kappa shape index (κ2) is 6.10. The van der Waals surface area contributed by atoms with Gasteiger partial charge in [0.1, 0.15) is 0 Å². The average Bonchev–Trinajstić information content (AvgIpc) is 2.17. The second-order valence-corrected chi connectivity index (χ2v) is 4.42. The molecule has 13 heavy (non-hydrogen) atoms. The summed E-state index contributed by atoms with van der Waals surface area (Å²) in [4.78, 5) is 0. The van der Waals surface area contributed by atoms with Crippen LogP contribution < -0.4 is 0 Å². The lowest BCUT2D eigenvalue weighted by Crippen LogP contribution is -2.32. The van der Waals surface area contributed by atoms with Gasteiger partial charge in [0.15, 0.2) is 17.4 Å². The summed E-state index contributed by atoms with van der Waals surface area (Å²) in [6.07, 6.45) is 10.2. The minimum absolute atomic E-state index is 0. The van der Waals surface area contributed by atoms with Crippen molar-refractivity contribution in [2.75, 3.05) is 0 Å². The van der Waals surface area contributed by atoms with E-state index in [1.165, 1.54) is 44.9 Å². The van der Waals surface area contributed by atoms with E-state index in [1.807, 2.05) is 0 Å². The molecule has 1 fully saturated rings. The molecule has 0 heterocycles. The standard InChI is InChI=1S/C12H24.Al.3H/c1-4-11-9-7-8-10-12(11,5-2)6-3;;;;/h11H,4-10H2,1-3H3;;;;. The highest BCUT2D eigenvalue weighted by Gasteiger charge is 2.35. The van der Waals surface area contributed by atoms with Crippen LogP contribution in [0, 0.1) is 11.3 Å². The van der Waals surface area contributed by atoms with Crippen LogP contribution in [-0.2, 0) is 0 Å². The molecule has 1 unspecified atom stereocenters. The number of hydrogen-bond donors (Lipinski definition) is 0. The van der Waals surface area contributed by atoms with Crippen molar-refractivity contribution in [2.45, 2.75) is 65.7 Å². The molecule has 1 heteroatoms. The van der Waals surface area contributed by atoms with Gasteiger partial charge in [-0.05, 0) is 24.2 Å². The maximum Gasteiger partial charge on any atom is 0.187 e. The molecule has 1 atom stereocenters. The van der Waals surface area contributed by atoms with E-state index in [4.69, 9.17) is 0 Å². The van der Waals surface area contributed by atoms with Crippen molar-refractivity contribution < 1.29 is 0 Å². The average molecular weight is 198 g/mol. The highest BCUT2D eigenvalue weighted by molar-refractivity contribution is 5.75. The van der Waals surface area contributed by atoms with Gasteiger partial charge in [-0.3, -0.25) is 0 Å². The van der Waals surface area contributed by atoms with Crippen LogP contribution in [0.2, 0.25) is 0 Å². The van der Waals surface area contributed by atoms with Gasteiger partial charge >= 0.3 is 0 Å². The topological polar surface area (TPSA) is 0 Å². The van der Waals surface area contributed by atoms with E-state index in [2.05, 4.69) is 20.8 Å². The molecule has 1 saturated carbocycles. The Hall–Kier alpha value is 0.532. The molecule has 0 radical (unpaired) electrons. The molecule has 0 spiro atoms. The number of hydrogen-bond acceptors (Lipinski definition) is 0. The molecular formula is C12H27Al. The SMILES string of the molecule is CCC1CCCCC1(CC)CC.[AlH3]. The largest absolute Gasteiger partial charge is 0.187 e. The fraction of sp³-hybridized carbons (Fsp3) is 1.00. The summed E-state index contributed by atoms with van der Waals surface area (Å²) in [6.45, 7) is 7.14. The van der Waals surface area contributed by atoms with E-state index >= 15 is 0 Å². The Morgan fingerprint density at radius 1 is 1.08 bits per heavy atom. The molecule has 0 aromatic rings. The molecular weight excluding hydrogens is 171 g/mol. The fourth-order valence-corrected chi connectivity index (χ4v) is 3.20. The van der Waals surface area contributed by atoms with Crippen molar-refractivity contribution in [1.82, 2.24) is 0 Å². The van der Waals surface area contributed by atoms with E-state index in [0.29, 0.717) is 0 Å². The molecule has 1 rings (SSSR count). The molecule has 0 aromatic carbocycles. The van der Waals surface area contributed by atoms with Gasteiger partial charge in [0.2, 0.25) is 0 Å². The summed E-state index contributed by atoms with van der Waals surface area (Å²) in [5.74, 6) is 1.03. The lowest BCUT2D eigenvalue weighted by atomic mass is 9.62. The summed E-state index contributed by atoms with van der Waals surface area (Å²) in [6, 6.07) is 0. The summed E-state index contributed by atoms with van der Waals surface area (Å²) >= 11 is 0. The highest BCUT2D eigenvalue weighted by Crippen LogP contribution is 2.47. The molecule has 0 amide bonds. The highest BCUT2D eigenvalue weighted by atomic mass is 27.0. The minimum Gasteiger partial charge on any atom is -0.0651 e. The van der Waals surface area contributed by atoms with Crippen molar-refractivity contribution in [3.63, 3.8) is 0 Å². The van der Waals surface area contributed by atoms with E-state index in [1.54, 1.807) is 0 Å². The quantitative estimate of drug-likeness (QED) is 0.611. The van der Waals surface area contributed by atoms with Crippen LogP contribution in [0.1, 0.15) is 65.7 Å². The Morgan fingerprint density at radius 2 is 1.69 bits per heavy atom. The van der Waals surface area contributed by atoms with Crippen LogP contribution in [0.4, 0.5) is 0 Å². The van der Waals surface area contributed by atoms with Gasteiger partial charge in [0.25, 0.3) is 0 Å². The van der Waals surface area contributed by atoms with Crippen LogP contribution in [0.3, 0.4) is 0 Å². The molecule has 0 bridgehead atoms. The van der Waals surface area contributed by atoms with Crippen molar-refractivity contribution in [3.05, 3.63) is 0 Å². The van der Waals surface area contributed by atoms with Crippen molar-refractivity contribution in [3.8, 4) is 0 Å². The summed E-state index contributed by atoms with van der Waals surface area (Å²) in [7, 11) is 0. The first-order chi connectivity index (χ1) is 5.79. The van der Waals surface area contributed by atoms with Crippen LogP contribution in [0.15, 0.2) is 0 Å². The molecule has 0 saturated heterocycles. The van der Waals surface area contributed by atoms with Crippen molar-refractivity contribution in [2.24, 2.45) is 11.3 Å². The van der Waals surface area contributed by atoms with Gasteiger partial charge in [0.05, 0.1) is 0 Å². The van der Waals surface area contributed by atoms with Gasteiger partial charge in [-0.25, -0.2) is 0 Å². The Bertz CT molecular complexity index is 127. The molecule has 78 valence electrons. The zero-order valence-corrected chi connectivity index (χ0v) is 9.03. The maximum atomic E-state index is 2.39. The third-order valence-corrected chi connectivity index (χ3v) is 4.24. The van der Waals surface area contributed by atoms with Crippen LogP contribution >= 0.6 is 0 Å². The van der Waals surface area contributed by atoms with Gasteiger partial charge in [-0.1, -0.05) is 52.9 Å². The Labute approximate surface area is 94.6 Å². The number of rotatable bonds is 3. The zero-order chi connectivity index (χ0) is 9.03. The molecule has 1 aliphatic carbocycles. The van der Waals surface area contributed by atoms with Gasteiger partial charge in [-0.15, -0.1) is 0 Å². The van der Waals surface area contributed by atoms with E-state index in [9.17, 15) is 0 Å². The summed E-state index contributed by atoms with van der Waals surface area (Å²) in [5.41, 5.74) is 0.729. The molecule has 1 aliphatic rings. The second-order valence-electron chi connectivity index (χ2n) is 4.42. The normalized spacial score (nSPS) is 26.5. The molecule has 0 aromatic heterocycles. The van der Waals surface area contributed by atoms with E-state index in [0.717, 1.165) is 11.3 Å². The first kappa shape index (κ1) is 13.5. The van der Waals surface area contributed by atoms with Crippen LogP contribution in [0.5, 0.6) is 0 Å². The van der Waals surface area contributed by atoms with E-state index in [-0.39, 0.29) is 17.4 Å². The van der Waals surface area contributed by atoms with E-state index < -0.39 is 0 Å². The first-order valence-corrected chi connectivity index (χ1v) is 5.79. The third-order valence-electron chi connectivity index (χ3n) is 4.24. The van der Waals surface area contributed by atoms with Gasteiger partial charge in [0, 0.05) is 0 Å². The zero-order valence-electron chi connectivity index (χ0n) is 9.03. The van der Waals surface area contributed by atoms with Gasteiger partial charge in [-0.2, -0.15) is 0 Å². The fourth-order valence-electron chi connectivity index (χ4n) is 3.20. The Balaban J connectivity index is 0.00000144. The summed E-state index contributed by atoms with van der Waals surface area (Å²) in [5, 5.41) is 0. The van der Waals surface area contributed by atoms with Crippen LogP contribution in [0.25, 0.3) is 0 Å². The van der Waals surface area contributed by atoms with Crippen molar-refractivity contribution >= 4 is 17.4 Å². The summed E-state index contributed by atoms with van der Waals surface area (Å²) < 4.78 is 0. The molecule has 0 N–H and O–H groups in total. The van der Waals surface area contributed by atoms with Gasteiger partial charge < -0.3 is 0 Å². The third kappa shape index (κ3) is 2.74. The lowest BCUT2D eigenvalue weighted by Gasteiger charge is -2.43. The Kier molecular flexibility index (Phi) is 6.35. The smallest absolute Gasteiger partial charge is 0.0651 e. The first-order valence-electron chi connectivity index (χ1n) is 5.79. The van der Waals surface area contributed by atoms with Crippen molar-refractivity contribution in [1.29, 1.82) is 0 Å². The van der Waals surface area contributed by atoms with Crippen LogP contribution in [-0.4, -0.2) is 17.4 Å². The maximum absolute atomic E-state index is 2.39. The molecule has 0 aliphatic heterocycles. The monoisotopic (exact) mass is 198 g/mol. The predicted molar refractivity (Wildman–Crippen MR) is 65.2 cm³/mol. The molecule has 0 nitrogen and oxygen atoms in total. The Morgan fingerprint density at radius 3 is 2.08 bits per heavy atom.